The van der Waals surface area contributed by atoms with Gasteiger partial charge in [-0.15, -0.1) is 0 Å². The molecule has 7 heteroatoms. The summed E-state index contributed by atoms with van der Waals surface area (Å²) in [5, 5.41) is 2.92. The van der Waals surface area contributed by atoms with Crippen LogP contribution in [-0.2, 0) is 14.3 Å². The molecule has 0 aromatic heterocycles. The topological polar surface area (TPSA) is 71.1 Å². The van der Waals surface area contributed by atoms with Crippen LogP contribution in [0.25, 0.3) is 0 Å². The van der Waals surface area contributed by atoms with E-state index in [2.05, 4.69) is 10.2 Å². The number of amides is 2. The lowest BCUT2D eigenvalue weighted by Gasteiger charge is -2.43. The third-order valence-electron chi connectivity index (χ3n) is 4.30. The summed E-state index contributed by atoms with van der Waals surface area (Å²) in [7, 11) is 0. The van der Waals surface area contributed by atoms with Gasteiger partial charge in [0.05, 0.1) is 6.61 Å². The first-order chi connectivity index (χ1) is 10.8. The van der Waals surface area contributed by atoms with Crippen LogP contribution in [0.2, 0.25) is 0 Å². The van der Waals surface area contributed by atoms with Gasteiger partial charge in [0.15, 0.2) is 0 Å². The van der Waals surface area contributed by atoms with Crippen LogP contribution in [0, 0.1) is 0 Å². The van der Waals surface area contributed by atoms with Gasteiger partial charge in [-0.3, -0.25) is 9.69 Å². The Kier molecular flexibility index (Phi) is 5.52. The van der Waals surface area contributed by atoms with Crippen LogP contribution >= 0.6 is 0 Å². The third kappa shape index (κ3) is 4.14. The fraction of sp³-hybridized carbons (Fsp3) is 0.875. The zero-order chi connectivity index (χ0) is 17.1. The van der Waals surface area contributed by atoms with Crippen molar-refractivity contribution in [3.8, 4) is 0 Å². The maximum atomic E-state index is 12.5. The maximum absolute atomic E-state index is 12.5. The van der Waals surface area contributed by atoms with E-state index in [4.69, 9.17) is 9.47 Å². The lowest BCUT2D eigenvalue weighted by Crippen LogP contribution is -2.64. The molecule has 0 spiro atoms. The van der Waals surface area contributed by atoms with Gasteiger partial charge in [0.25, 0.3) is 0 Å². The number of ether oxygens (including phenoxy) is 2. The number of carbonyl (C=O) groups excluding carboxylic acids is 2. The second-order valence-corrected chi connectivity index (χ2v) is 7.15. The van der Waals surface area contributed by atoms with Gasteiger partial charge < -0.3 is 19.7 Å². The Bertz CT molecular complexity index is 433. The van der Waals surface area contributed by atoms with Crippen LogP contribution < -0.4 is 5.32 Å². The number of hydrogen-bond acceptors (Lipinski definition) is 5. The normalized spacial score (nSPS) is 26.2. The SMILES string of the molecule is CCNC(=O)[C@@]1(N2CCN(C(=O)OC(C)(C)C)CC2)CCOC1. The molecule has 0 radical (unpaired) electrons. The van der Waals surface area contributed by atoms with Crippen LogP contribution in [0.3, 0.4) is 0 Å². The number of rotatable bonds is 3. The molecule has 0 aliphatic carbocycles. The first-order valence-corrected chi connectivity index (χ1v) is 8.37. The van der Waals surface area contributed by atoms with Crippen molar-refractivity contribution >= 4 is 12.0 Å². The summed E-state index contributed by atoms with van der Waals surface area (Å²) >= 11 is 0. The van der Waals surface area contributed by atoms with Gasteiger partial charge in [-0.25, -0.2) is 4.79 Å². The highest BCUT2D eigenvalue weighted by atomic mass is 16.6. The second kappa shape index (κ2) is 7.05. The number of nitrogens with zero attached hydrogens (tertiary/aromatic N) is 2. The average Bonchev–Trinajstić information content (AvgIpc) is 2.97. The first kappa shape index (κ1) is 18.0. The molecule has 2 saturated heterocycles. The van der Waals surface area contributed by atoms with Crippen LogP contribution in [0.1, 0.15) is 34.1 Å². The molecule has 1 N–H and O–H groups in total. The smallest absolute Gasteiger partial charge is 0.410 e. The molecule has 2 aliphatic heterocycles. The highest BCUT2D eigenvalue weighted by Crippen LogP contribution is 2.28. The van der Waals surface area contributed by atoms with Crippen molar-refractivity contribution in [2.75, 3.05) is 45.9 Å². The summed E-state index contributed by atoms with van der Waals surface area (Å²) in [4.78, 5) is 28.5. The zero-order valence-corrected chi connectivity index (χ0v) is 14.7. The summed E-state index contributed by atoms with van der Waals surface area (Å²) in [6.07, 6.45) is 0.414. The van der Waals surface area contributed by atoms with Crippen molar-refractivity contribution in [2.24, 2.45) is 0 Å². The minimum atomic E-state index is -0.587. The van der Waals surface area contributed by atoms with E-state index in [9.17, 15) is 9.59 Å². The van der Waals surface area contributed by atoms with Crippen LogP contribution in [0.15, 0.2) is 0 Å². The van der Waals surface area contributed by atoms with Crippen molar-refractivity contribution in [2.45, 2.75) is 45.3 Å². The van der Waals surface area contributed by atoms with Gasteiger partial charge >= 0.3 is 6.09 Å². The highest BCUT2D eigenvalue weighted by molar-refractivity contribution is 5.87. The number of carbonyl (C=O) groups is 2. The molecular formula is C16H29N3O4. The van der Waals surface area contributed by atoms with Gasteiger partial charge in [-0.2, -0.15) is 0 Å². The molecule has 0 aromatic rings. The quantitative estimate of drug-likeness (QED) is 0.831. The van der Waals surface area contributed by atoms with Crippen molar-refractivity contribution in [3.63, 3.8) is 0 Å². The molecule has 2 amide bonds. The van der Waals surface area contributed by atoms with E-state index in [0.29, 0.717) is 52.4 Å². The van der Waals surface area contributed by atoms with E-state index in [1.807, 2.05) is 27.7 Å². The van der Waals surface area contributed by atoms with Crippen LogP contribution in [0.4, 0.5) is 4.79 Å². The number of nitrogens with one attached hydrogen (secondary N) is 1. The Morgan fingerprint density at radius 3 is 2.35 bits per heavy atom. The van der Waals surface area contributed by atoms with Gasteiger partial charge in [-0.05, 0) is 27.7 Å². The molecule has 7 nitrogen and oxygen atoms in total. The molecule has 0 saturated carbocycles. The second-order valence-electron chi connectivity index (χ2n) is 7.15. The minimum Gasteiger partial charge on any atom is -0.444 e. The van der Waals surface area contributed by atoms with Gasteiger partial charge in [0.2, 0.25) is 5.91 Å². The van der Waals surface area contributed by atoms with Gasteiger partial charge in [-0.1, -0.05) is 0 Å². The summed E-state index contributed by atoms with van der Waals surface area (Å²) in [6.45, 7) is 11.6. The highest BCUT2D eigenvalue weighted by Gasteiger charge is 2.48. The monoisotopic (exact) mass is 327 g/mol. The van der Waals surface area contributed by atoms with E-state index in [0.717, 1.165) is 0 Å². The lowest BCUT2D eigenvalue weighted by molar-refractivity contribution is -0.135. The van der Waals surface area contributed by atoms with Crippen molar-refractivity contribution in [1.82, 2.24) is 15.1 Å². The van der Waals surface area contributed by atoms with E-state index >= 15 is 0 Å². The summed E-state index contributed by atoms with van der Waals surface area (Å²) in [6, 6.07) is 0. The fourth-order valence-electron chi connectivity index (χ4n) is 3.09. The molecule has 1 atom stereocenters. The lowest BCUT2D eigenvalue weighted by atomic mass is 9.94. The predicted octanol–water partition coefficient (Wildman–Crippen LogP) is 0.834. The number of piperazine rings is 1. The molecule has 2 heterocycles. The molecule has 23 heavy (non-hydrogen) atoms. The molecule has 2 fully saturated rings. The average molecular weight is 327 g/mol. The van der Waals surface area contributed by atoms with Gasteiger partial charge in [0.1, 0.15) is 11.1 Å². The Morgan fingerprint density at radius 2 is 1.87 bits per heavy atom. The predicted molar refractivity (Wildman–Crippen MR) is 86.2 cm³/mol. The van der Waals surface area contributed by atoms with Crippen LogP contribution in [0.5, 0.6) is 0 Å². The fourth-order valence-corrected chi connectivity index (χ4v) is 3.09. The molecule has 0 aromatic carbocycles. The van der Waals surface area contributed by atoms with Crippen LogP contribution in [-0.4, -0.2) is 78.9 Å². The van der Waals surface area contributed by atoms with Crippen molar-refractivity contribution in [3.05, 3.63) is 0 Å². The minimum absolute atomic E-state index is 0.0308. The molecule has 0 bridgehead atoms. The Hall–Kier alpha value is -1.34. The first-order valence-electron chi connectivity index (χ1n) is 8.37. The van der Waals surface area contributed by atoms with Crippen molar-refractivity contribution < 1.29 is 19.1 Å². The summed E-state index contributed by atoms with van der Waals surface area (Å²) in [5.41, 5.74) is -1.08. The largest absolute Gasteiger partial charge is 0.444 e. The Balaban J connectivity index is 1.97. The third-order valence-corrected chi connectivity index (χ3v) is 4.30. The molecular weight excluding hydrogens is 298 g/mol. The summed E-state index contributed by atoms with van der Waals surface area (Å²) in [5.74, 6) is 0.0308. The number of hydrogen-bond donors (Lipinski definition) is 1. The summed E-state index contributed by atoms with van der Waals surface area (Å²) < 4.78 is 10.9. The number of likely N-dealkylation sites (N-methyl/N-ethyl adjacent to an activating group) is 1. The maximum Gasteiger partial charge on any atom is 0.410 e. The molecule has 2 aliphatic rings. The molecule has 0 unspecified atom stereocenters. The standard InChI is InChI=1S/C16H29N3O4/c1-5-17-13(20)16(6-11-22-12-16)19-9-7-18(8-10-19)14(21)23-15(2,3)4/h5-12H2,1-4H3,(H,17,20)/t16-/m1/s1. The van der Waals surface area contributed by atoms with E-state index in [1.165, 1.54) is 0 Å². The molecule has 132 valence electrons. The zero-order valence-electron chi connectivity index (χ0n) is 14.7. The Labute approximate surface area is 138 Å². The van der Waals surface area contributed by atoms with E-state index in [1.54, 1.807) is 4.90 Å². The van der Waals surface area contributed by atoms with Crippen molar-refractivity contribution in [1.29, 1.82) is 0 Å². The Morgan fingerprint density at radius 1 is 1.22 bits per heavy atom. The van der Waals surface area contributed by atoms with E-state index < -0.39 is 11.1 Å². The molecule has 2 rings (SSSR count). The van der Waals surface area contributed by atoms with E-state index in [-0.39, 0.29) is 12.0 Å². The van der Waals surface area contributed by atoms with Gasteiger partial charge in [0, 0.05) is 45.8 Å².